The zero-order valence-electron chi connectivity index (χ0n) is 11.5. The van der Waals surface area contributed by atoms with E-state index >= 15 is 0 Å². The summed E-state index contributed by atoms with van der Waals surface area (Å²) in [7, 11) is 0. The van der Waals surface area contributed by atoms with Crippen molar-refractivity contribution < 1.29 is 9.90 Å². The Labute approximate surface area is 136 Å². The molecule has 2 aromatic rings. The van der Waals surface area contributed by atoms with Crippen LogP contribution in [-0.2, 0) is 11.3 Å². The molecule has 110 valence electrons. The van der Waals surface area contributed by atoms with Gasteiger partial charge in [0, 0.05) is 20.8 Å². The van der Waals surface area contributed by atoms with Crippen LogP contribution in [0.5, 0.6) is 0 Å². The van der Waals surface area contributed by atoms with Crippen molar-refractivity contribution in [3.8, 4) is 10.4 Å². The Morgan fingerprint density at radius 1 is 1.29 bits per heavy atom. The largest absolute Gasteiger partial charge is 0.480 e. The number of carbonyl (C=O) groups is 1. The smallest absolute Gasteiger partial charge is 0.320 e. The predicted molar refractivity (Wildman–Crippen MR) is 88.5 cm³/mol. The van der Waals surface area contributed by atoms with Gasteiger partial charge in [0.2, 0.25) is 0 Å². The van der Waals surface area contributed by atoms with Crippen LogP contribution in [0.15, 0.2) is 40.9 Å². The summed E-state index contributed by atoms with van der Waals surface area (Å²) in [5.41, 5.74) is 1.20. The van der Waals surface area contributed by atoms with Gasteiger partial charge in [-0.2, -0.15) is 0 Å². The Kier molecular flexibility index (Phi) is 4.42. The summed E-state index contributed by atoms with van der Waals surface area (Å²) < 4.78 is 1.07. The van der Waals surface area contributed by atoms with Gasteiger partial charge in [0.15, 0.2) is 0 Å². The van der Waals surface area contributed by atoms with E-state index in [1.165, 1.54) is 15.3 Å². The Hall–Kier alpha value is -1.17. The lowest BCUT2D eigenvalue weighted by Crippen LogP contribution is -2.35. The van der Waals surface area contributed by atoms with Crippen molar-refractivity contribution in [2.45, 2.75) is 25.4 Å². The van der Waals surface area contributed by atoms with Crippen molar-refractivity contribution in [2.75, 3.05) is 6.54 Å². The van der Waals surface area contributed by atoms with E-state index < -0.39 is 5.97 Å². The molecule has 0 amide bonds. The number of hydrogen-bond acceptors (Lipinski definition) is 3. The lowest BCUT2D eigenvalue weighted by Gasteiger charge is -2.19. The van der Waals surface area contributed by atoms with Crippen LogP contribution in [0.25, 0.3) is 10.4 Å². The maximum atomic E-state index is 11.2. The van der Waals surface area contributed by atoms with Gasteiger partial charge in [-0.25, -0.2) is 0 Å². The molecule has 5 heteroatoms. The Balaban J connectivity index is 1.73. The summed E-state index contributed by atoms with van der Waals surface area (Å²) in [6.45, 7) is 1.61. The summed E-state index contributed by atoms with van der Waals surface area (Å²) in [5, 5.41) is 9.23. The van der Waals surface area contributed by atoms with E-state index in [-0.39, 0.29) is 6.04 Å². The van der Waals surface area contributed by atoms with E-state index in [9.17, 15) is 9.90 Å². The molecular weight excluding hydrogens is 350 g/mol. The highest BCUT2D eigenvalue weighted by Crippen LogP contribution is 2.31. The molecule has 1 aromatic heterocycles. The van der Waals surface area contributed by atoms with Crippen LogP contribution in [0.1, 0.15) is 17.7 Å². The van der Waals surface area contributed by atoms with Gasteiger partial charge in [-0.1, -0.05) is 28.1 Å². The average molecular weight is 366 g/mol. The molecule has 1 aliphatic rings. The van der Waals surface area contributed by atoms with Gasteiger partial charge in [0.25, 0.3) is 0 Å². The molecule has 3 rings (SSSR count). The number of halogens is 1. The molecule has 1 fully saturated rings. The summed E-state index contributed by atoms with van der Waals surface area (Å²) in [6, 6.07) is 12.2. The second-order valence-electron chi connectivity index (χ2n) is 5.24. The van der Waals surface area contributed by atoms with Gasteiger partial charge in [0.1, 0.15) is 6.04 Å². The first kappa shape index (κ1) is 14.8. The molecule has 0 saturated carbocycles. The first-order chi connectivity index (χ1) is 10.1. The van der Waals surface area contributed by atoms with E-state index in [1.54, 1.807) is 11.3 Å². The third kappa shape index (κ3) is 3.36. The number of thiophene rings is 1. The van der Waals surface area contributed by atoms with Crippen molar-refractivity contribution in [2.24, 2.45) is 0 Å². The molecule has 0 unspecified atom stereocenters. The van der Waals surface area contributed by atoms with E-state index in [0.717, 1.165) is 30.4 Å². The molecular formula is C16H16BrNO2S. The maximum absolute atomic E-state index is 11.2. The van der Waals surface area contributed by atoms with Crippen molar-refractivity contribution in [3.05, 3.63) is 45.7 Å². The Bertz CT molecular complexity index is 638. The molecule has 3 nitrogen and oxygen atoms in total. The van der Waals surface area contributed by atoms with Crippen LogP contribution in [0.2, 0.25) is 0 Å². The van der Waals surface area contributed by atoms with Gasteiger partial charge in [-0.15, -0.1) is 11.3 Å². The summed E-state index contributed by atoms with van der Waals surface area (Å²) in [4.78, 5) is 15.7. The molecule has 1 saturated heterocycles. The number of carboxylic acid groups (broad SMARTS) is 1. The highest BCUT2D eigenvalue weighted by atomic mass is 79.9. The van der Waals surface area contributed by atoms with Crippen LogP contribution in [0.4, 0.5) is 0 Å². The molecule has 0 spiro atoms. The first-order valence-corrected chi connectivity index (χ1v) is 8.56. The lowest BCUT2D eigenvalue weighted by molar-refractivity contribution is -0.142. The van der Waals surface area contributed by atoms with E-state index in [4.69, 9.17) is 0 Å². The fourth-order valence-electron chi connectivity index (χ4n) is 2.73. The predicted octanol–water partition coefficient (Wildman–Crippen LogP) is 4.23. The topological polar surface area (TPSA) is 40.5 Å². The van der Waals surface area contributed by atoms with Gasteiger partial charge >= 0.3 is 5.97 Å². The van der Waals surface area contributed by atoms with E-state index in [2.05, 4.69) is 45.1 Å². The zero-order chi connectivity index (χ0) is 14.8. The van der Waals surface area contributed by atoms with Crippen LogP contribution in [0.3, 0.4) is 0 Å². The van der Waals surface area contributed by atoms with Crippen molar-refractivity contribution in [3.63, 3.8) is 0 Å². The normalized spacial score (nSPS) is 19.0. The minimum absolute atomic E-state index is 0.316. The highest BCUT2D eigenvalue weighted by Gasteiger charge is 2.30. The van der Waals surface area contributed by atoms with Crippen LogP contribution in [-0.4, -0.2) is 28.6 Å². The minimum Gasteiger partial charge on any atom is -0.480 e. The number of carboxylic acids is 1. The van der Waals surface area contributed by atoms with Gasteiger partial charge in [-0.05, 0) is 49.2 Å². The third-order valence-corrected chi connectivity index (χ3v) is 5.45. The second-order valence-corrected chi connectivity index (χ2v) is 7.32. The molecule has 1 aliphatic heterocycles. The fraction of sp³-hybridized carbons (Fsp3) is 0.312. The molecule has 21 heavy (non-hydrogen) atoms. The molecule has 2 heterocycles. The van der Waals surface area contributed by atoms with Crippen LogP contribution < -0.4 is 0 Å². The molecule has 0 aliphatic carbocycles. The minimum atomic E-state index is -0.697. The molecule has 1 N–H and O–H groups in total. The monoisotopic (exact) mass is 365 g/mol. The fourth-order valence-corrected chi connectivity index (χ4v) is 4.03. The van der Waals surface area contributed by atoms with Gasteiger partial charge in [0.05, 0.1) is 0 Å². The maximum Gasteiger partial charge on any atom is 0.320 e. The summed E-state index contributed by atoms with van der Waals surface area (Å²) >= 11 is 5.19. The molecule has 0 radical (unpaired) electrons. The van der Waals surface area contributed by atoms with Crippen molar-refractivity contribution in [1.29, 1.82) is 0 Å². The molecule has 0 bridgehead atoms. The van der Waals surface area contributed by atoms with Crippen molar-refractivity contribution >= 4 is 33.2 Å². The van der Waals surface area contributed by atoms with Gasteiger partial charge < -0.3 is 5.11 Å². The summed E-state index contributed by atoms with van der Waals surface area (Å²) in [5.74, 6) is -0.697. The van der Waals surface area contributed by atoms with Crippen molar-refractivity contribution in [1.82, 2.24) is 4.90 Å². The van der Waals surface area contributed by atoms with E-state index in [1.807, 2.05) is 12.1 Å². The highest BCUT2D eigenvalue weighted by molar-refractivity contribution is 9.10. The summed E-state index contributed by atoms with van der Waals surface area (Å²) in [6.07, 6.45) is 1.74. The second kappa shape index (κ2) is 6.30. The third-order valence-electron chi connectivity index (χ3n) is 3.80. The number of benzene rings is 1. The lowest BCUT2D eigenvalue weighted by atomic mass is 10.2. The molecule has 1 atom stereocenters. The average Bonchev–Trinajstić information content (AvgIpc) is 3.09. The van der Waals surface area contributed by atoms with E-state index in [0.29, 0.717) is 0 Å². The van der Waals surface area contributed by atoms with Crippen LogP contribution in [0, 0.1) is 0 Å². The first-order valence-electron chi connectivity index (χ1n) is 6.95. The number of aliphatic carboxylic acids is 1. The number of likely N-dealkylation sites (tertiary alicyclic amines) is 1. The quantitative estimate of drug-likeness (QED) is 0.881. The number of nitrogens with zero attached hydrogens (tertiary/aromatic N) is 1. The zero-order valence-corrected chi connectivity index (χ0v) is 13.9. The Morgan fingerprint density at radius 2 is 2.05 bits per heavy atom. The number of hydrogen-bond donors (Lipinski definition) is 1. The number of rotatable bonds is 4. The van der Waals surface area contributed by atoms with Gasteiger partial charge in [-0.3, -0.25) is 9.69 Å². The Morgan fingerprint density at radius 3 is 2.76 bits per heavy atom. The SMILES string of the molecule is O=C(O)[C@H]1CCCN1Cc1ccc(-c2ccc(Br)cc2)s1. The van der Waals surface area contributed by atoms with Crippen LogP contribution >= 0.6 is 27.3 Å². The standard InChI is InChI=1S/C16H16BrNO2S/c17-12-5-3-11(4-6-12)15-8-7-13(21-15)10-18-9-1-2-14(18)16(19)20/h3-8,14H,1-2,9-10H2,(H,19,20)/t14-/m1/s1. The molecule has 1 aromatic carbocycles.